The Morgan fingerprint density at radius 1 is 0.737 bits per heavy atom. The van der Waals surface area contributed by atoms with Crippen LogP contribution >= 0.6 is 23.2 Å². The highest BCUT2D eigenvalue weighted by atomic mass is 35.5. The van der Waals surface area contributed by atoms with Crippen LogP contribution in [-0.2, 0) is 0 Å². The number of halogens is 2. The van der Waals surface area contributed by atoms with E-state index >= 15 is 0 Å². The summed E-state index contributed by atoms with van der Waals surface area (Å²) >= 11 is 11.8. The van der Waals surface area contributed by atoms with Crippen molar-refractivity contribution in [2.75, 3.05) is 6.54 Å². The molecule has 4 heteroatoms. The molecule has 0 bridgehead atoms. The molecule has 1 aliphatic rings. The van der Waals surface area contributed by atoms with E-state index in [9.17, 15) is 0 Å². The van der Waals surface area contributed by atoms with Crippen molar-refractivity contribution in [3.63, 3.8) is 0 Å². The minimum Gasteiger partial charge on any atom is -0.184 e. The van der Waals surface area contributed by atoms with Crippen LogP contribution in [0.1, 0.15) is 11.1 Å². The van der Waals surface area contributed by atoms with Crippen LogP contribution in [0.3, 0.4) is 0 Å². The van der Waals surface area contributed by atoms with Gasteiger partial charge < -0.3 is 0 Å². The standard InChI is InChI=1S/C15H10Cl2N2/c16-12-5-1-10(2-6-12)14-9-18-19-15(14)11-3-7-13(17)8-4-11/h1-8H,9H2. The quantitative estimate of drug-likeness (QED) is 0.714. The predicted molar refractivity (Wildman–Crippen MR) is 79.4 cm³/mol. The van der Waals surface area contributed by atoms with E-state index < -0.39 is 0 Å². The molecule has 0 saturated heterocycles. The third-order valence-electron chi connectivity index (χ3n) is 3.00. The summed E-state index contributed by atoms with van der Waals surface area (Å²) in [6.07, 6.45) is 0. The molecule has 2 nitrogen and oxygen atoms in total. The first-order valence-electron chi connectivity index (χ1n) is 5.86. The molecule has 0 unspecified atom stereocenters. The lowest BCUT2D eigenvalue weighted by atomic mass is 10.0. The average Bonchev–Trinajstić information content (AvgIpc) is 2.90. The molecule has 0 fully saturated rings. The zero-order valence-electron chi connectivity index (χ0n) is 9.98. The van der Waals surface area contributed by atoms with E-state index in [1.807, 2.05) is 48.5 Å². The van der Waals surface area contributed by atoms with E-state index in [1.54, 1.807) is 0 Å². The van der Waals surface area contributed by atoms with Crippen molar-refractivity contribution in [1.82, 2.24) is 0 Å². The topological polar surface area (TPSA) is 24.7 Å². The van der Waals surface area contributed by atoms with Gasteiger partial charge in [-0.1, -0.05) is 47.5 Å². The molecule has 0 saturated carbocycles. The van der Waals surface area contributed by atoms with Crippen molar-refractivity contribution in [2.45, 2.75) is 0 Å². The van der Waals surface area contributed by atoms with Crippen molar-refractivity contribution >= 4 is 34.5 Å². The minimum absolute atomic E-state index is 0.597. The van der Waals surface area contributed by atoms with E-state index in [-0.39, 0.29) is 0 Å². The largest absolute Gasteiger partial charge is 0.184 e. The summed E-state index contributed by atoms with van der Waals surface area (Å²) < 4.78 is 0. The Hall–Kier alpha value is -1.64. The molecule has 2 aromatic rings. The van der Waals surface area contributed by atoms with E-state index in [1.165, 1.54) is 0 Å². The van der Waals surface area contributed by atoms with E-state index in [0.717, 1.165) is 27.4 Å². The van der Waals surface area contributed by atoms with Gasteiger partial charge in [-0.25, -0.2) is 0 Å². The molecule has 0 aliphatic carbocycles. The highest BCUT2D eigenvalue weighted by molar-refractivity contribution is 6.30. The highest BCUT2D eigenvalue weighted by Crippen LogP contribution is 2.33. The fourth-order valence-corrected chi connectivity index (χ4v) is 2.28. The minimum atomic E-state index is 0.597. The van der Waals surface area contributed by atoms with Gasteiger partial charge in [0.15, 0.2) is 0 Å². The summed E-state index contributed by atoms with van der Waals surface area (Å²) in [6, 6.07) is 15.4. The number of rotatable bonds is 2. The lowest BCUT2D eigenvalue weighted by Crippen LogP contribution is -1.89. The summed E-state index contributed by atoms with van der Waals surface area (Å²) in [7, 11) is 0. The van der Waals surface area contributed by atoms with Gasteiger partial charge in [0.1, 0.15) is 0 Å². The van der Waals surface area contributed by atoms with Gasteiger partial charge >= 0.3 is 0 Å². The van der Waals surface area contributed by atoms with Crippen LogP contribution in [-0.4, -0.2) is 6.54 Å². The van der Waals surface area contributed by atoms with Gasteiger partial charge in [0.25, 0.3) is 0 Å². The molecule has 1 aliphatic heterocycles. The number of benzene rings is 2. The molecule has 94 valence electrons. The monoisotopic (exact) mass is 288 g/mol. The summed E-state index contributed by atoms with van der Waals surface area (Å²) in [5.74, 6) is 0. The lowest BCUT2D eigenvalue weighted by Gasteiger charge is -2.05. The zero-order valence-corrected chi connectivity index (χ0v) is 11.5. The van der Waals surface area contributed by atoms with E-state index in [0.29, 0.717) is 11.6 Å². The maximum atomic E-state index is 5.91. The first-order chi connectivity index (χ1) is 9.24. The Labute approximate surface area is 121 Å². The van der Waals surface area contributed by atoms with Crippen LogP contribution in [0.2, 0.25) is 10.0 Å². The molecule has 0 radical (unpaired) electrons. The Morgan fingerprint density at radius 3 is 1.84 bits per heavy atom. The Kier molecular flexibility index (Phi) is 3.36. The molecule has 19 heavy (non-hydrogen) atoms. The second kappa shape index (κ2) is 5.16. The molecular formula is C15H10Cl2N2. The SMILES string of the molecule is Clc1ccc(C2=C(c3ccc(Cl)cc3)N=NC2)cc1. The summed E-state index contributed by atoms with van der Waals surface area (Å²) in [4.78, 5) is 0. The van der Waals surface area contributed by atoms with Gasteiger partial charge in [-0.15, -0.1) is 0 Å². The molecule has 0 atom stereocenters. The highest BCUT2D eigenvalue weighted by Gasteiger charge is 2.15. The number of hydrogen-bond donors (Lipinski definition) is 0. The van der Waals surface area contributed by atoms with Crippen molar-refractivity contribution in [3.8, 4) is 0 Å². The summed E-state index contributed by atoms with van der Waals surface area (Å²) in [6.45, 7) is 0.597. The van der Waals surface area contributed by atoms with Crippen LogP contribution in [0.5, 0.6) is 0 Å². The third-order valence-corrected chi connectivity index (χ3v) is 3.50. The summed E-state index contributed by atoms with van der Waals surface area (Å²) in [5, 5.41) is 9.81. The zero-order chi connectivity index (χ0) is 13.2. The smallest absolute Gasteiger partial charge is 0.0982 e. The maximum absolute atomic E-state index is 5.91. The third kappa shape index (κ3) is 2.55. The molecule has 0 spiro atoms. The predicted octanol–water partition coefficient (Wildman–Crippen LogP) is 5.33. The van der Waals surface area contributed by atoms with Crippen LogP contribution in [0.15, 0.2) is 58.8 Å². The Balaban J connectivity index is 2.06. The van der Waals surface area contributed by atoms with E-state index in [2.05, 4.69) is 10.2 Å². The molecule has 2 aromatic carbocycles. The van der Waals surface area contributed by atoms with Crippen molar-refractivity contribution in [3.05, 3.63) is 69.7 Å². The van der Waals surface area contributed by atoms with Crippen molar-refractivity contribution in [2.24, 2.45) is 10.2 Å². The molecule has 0 amide bonds. The molecule has 0 N–H and O–H groups in total. The first kappa shape index (κ1) is 12.4. The molecule has 0 aromatic heterocycles. The van der Waals surface area contributed by atoms with Gasteiger partial charge in [-0.3, -0.25) is 0 Å². The summed E-state index contributed by atoms with van der Waals surface area (Å²) in [5.41, 5.74) is 4.13. The van der Waals surface area contributed by atoms with Gasteiger partial charge in [0.2, 0.25) is 0 Å². The van der Waals surface area contributed by atoms with E-state index in [4.69, 9.17) is 23.2 Å². The maximum Gasteiger partial charge on any atom is 0.0982 e. The molecule has 3 rings (SSSR count). The van der Waals surface area contributed by atoms with Crippen molar-refractivity contribution < 1.29 is 0 Å². The molecule has 1 heterocycles. The van der Waals surface area contributed by atoms with Gasteiger partial charge in [-0.2, -0.15) is 10.2 Å². The first-order valence-corrected chi connectivity index (χ1v) is 6.62. The second-order valence-electron chi connectivity index (χ2n) is 4.24. The number of nitrogens with zero attached hydrogens (tertiary/aromatic N) is 2. The number of hydrogen-bond acceptors (Lipinski definition) is 2. The normalized spacial score (nSPS) is 14.2. The second-order valence-corrected chi connectivity index (χ2v) is 5.11. The fraction of sp³-hybridized carbons (Fsp3) is 0.0667. The Bertz CT molecular complexity index is 656. The van der Waals surface area contributed by atoms with Gasteiger partial charge in [-0.05, 0) is 29.8 Å². The fourth-order valence-electron chi connectivity index (χ4n) is 2.03. The number of azo groups is 1. The lowest BCUT2D eigenvalue weighted by molar-refractivity contribution is 1.15. The Morgan fingerprint density at radius 2 is 1.26 bits per heavy atom. The molecular weight excluding hydrogens is 279 g/mol. The average molecular weight is 289 g/mol. The van der Waals surface area contributed by atoms with Crippen LogP contribution in [0.4, 0.5) is 0 Å². The van der Waals surface area contributed by atoms with Crippen molar-refractivity contribution in [1.29, 1.82) is 0 Å². The van der Waals surface area contributed by atoms with Crippen LogP contribution < -0.4 is 0 Å². The van der Waals surface area contributed by atoms with Crippen LogP contribution in [0, 0.1) is 0 Å². The van der Waals surface area contributed by atoms with Gasteiger partial charge in [0.05, 0.1) is 12.2 Å². The van der Waals surface area contributed by atoms with Gasteiger partial charge in [0, 0.05) is 21.2 Å². The van der Waals surface area contributed by atoms with Crippen LogP contribution in [0.25, 0.3) is 11.3 Å².